The molecule has 2 nitrogen and oxygen atoms in total. The van der Waals surface area contributed by atoms with Gasteiger partial charge in [-0.1, -0.05) is 0 Å². The first kappa shape index (κ1) is 6.61. The number of nitrogens with zero attached hydrogens (tertiary/aromatic N) is 1. The summed E-state index contributed by atoms with van der Waals surface area (Å²) in [6, 6.07) is 2.19. The second kappa shape index (κ2) is 2.30. The zero-order chi connectivity index (χ0) is 7.97. The van der Waals surface area contributed by atoms with Crippen LogP contribution in [0.3, 0.4) is 0 Å². The minimum atomic E-state index is 0.781. The smallest absolute Gasteiger partial charge is 0.0302 e. The summed E-state index contributed by atoms with van der Waals surface area (Å²) in [5.74, 6) is 1.63. The highest BCUT2D eigenvalue weighted by molar-refractivity contribution is 5.35. The first-order valence-electron chi connectivity index (χ1n) is 4.58. The van der Waals surface area contributed by atoms with Crippen molar-refractivity contribution in [1.82, 2.24) is 10.3 Å². The summed E-state index contributed by atoms with van der Waals surface area (Å²) in [6.07, 6.45) is 5.19. The summed E-state index contributed by atoms with van der Waals surface area (Å²) in [6.45, 7) is 2.36. The molecule has 2 heteroatoms. The molecule has 1 aliphatic heterocycles. The van der Waals surface area contributed by atoms with Crippen molar-refractivity contribution >= 4 is 0 Å². The first-order valence-corrected chi connectivity index (χ1v) is 4.58. The van der Waals surface area contributed by atoms with Crippen LogP contribution in [0.25, 0.3) is 0 Å². The molecule has 2 heterocycles. The maximum atomic E-state index is 4.16. The number of pyridine rings is 1. The van der Waals surface area contributed by atoms with Crippen LogP contribution in [0, 0.1) is 5.92 Å². The largest absolute Gasteiger partial charge is 0.316 e. The van der Waals surface area contributed by atoms with Crippen molar-refractivity contribution in [2.45, 2.75) is 12.3 Å². The van der Waals surface area contributed by atoms with Crippen molar-refractivity contribution in [3.8, 4) is 0 Å². The number of hydrogen-bond donors (Lipinski definition) is 1. The molecule has 0 radical (unpaired) electrons. The lowest BCUT2D eigenvalue weighted by Crippen LogP contribution is -2.10. The number of fused-ring (bicyclic) bond motifs is 3. The molecule has 12 heavy (non-hydrogen) atoms. The van der Waals surface area contributed by atoms with Gasteiger partial charge in [0.25, 0.3) is 0 Å². The van der Waals surface area contributed by atoms with Gasteiger partial charge < -0.3 is 5.32 Å². The van der Waals surface area contributed by atoms with Gasteiger partial charge in [0.2, 0.25) is 0 Å². The van der Waals surface area contributed by atoms with E-state index in [1.165, 1.54) is 25.1 Å². The van der Waals surface area contributed by atoms with E-state index < -0.39 is 0 Å². The summed E-state index contributed by atoms with van der Waals surface area (Å²) < 4.78 is 0. The van der Waals surface area contributed by atoms with Gasteiger partial charge in [-0.3, -0.25) is 4.98 Å². The summed E-state index contributed by atoms with van der Waals surface area (Å²) in [5.41, 5.74) is 3.02. The van der Waals surface area contributed by atoms with Gasteiger partial charge in [-0.2, -0.15) is 0 Å². The lowest BCUT2D eigenvalue weighted by atomic mass is 9.97. The number of nitrogens with one attached hydrogen (secondary N) is 1. The molecule has 1 aliphatic carbocycles. The van der Waals surface area contributed by atoms with Gasteiger partial charge in [-0.05, 0) is 36.1 Å². The number of aromatic nitrogens is 1. The Labute approximate surface area is 72.0 Å². The minimum absolute atomic E-state index is 0.781. The van der Waals surface area contributed by atoms with Gasteiger partial charge in [0.1, 0.15) is 0 Å². The van der Waals surface area contributed by atoms with Crippen molar-refractivity contribution in [3.05, 3.63) is 29.6 Å². The van der Waals surface area contributed by atoms with E-state index in [0.29, 0.717) is 0 Å². The Kier molecular flexibility index (Phi) is 1.27. The van der Waals surface area contributed by atoms with Crippen molar-refractivity contribution in [3.63, 3.8) is 0 Å². The van der Waals surface area contributed by atoms with E-state index in [1.54, 1.807) is 5.56 Å². The van der Waals surface area contributed by atoms with Crippen LogP contribution in [-0.4, -0.2) is 18.1 Å². The average Bonchev–Trinajstić information content (AvgIpc) is 2.62. The van der Waals surface area contributed by atoms with Crippen LogP contribution < -0.4 is 5.32 Å². The molecule has 0 spiro atoms. The second-order valence-corrected chi connectivity index (χ2v) is 3.80. The quantitative estimate of drug-likeness (QED) is 0.611. The molecule has 2 atom stereocenters. The molecule has 1 aromatic heterocycles. The van der Waals surface area contributed by atoms with Gasteiger partial charge in [-0.25, -0.2) is 0 Å². The van der Waals surface area contributed by atoms with Crippen LogP contribution in [0.2, 0.25) is 0 Å². The number of hydrogen-bond acceptors (Lipinski definition) is 2. The zero-order valence-corrected chi connectivity index (χ0v) is 6.96. The fraction of sp³-hybridized carbons (Fsp3) is 0.500. The van der Waals surface area contributed by atoms with Crippen LogP contribution in [0.1, 0.15) is 17.0 Å². The predicted octanol–water partition coefficient (Wildman–Crippen LogP) is 0.941. The van der Waals surface area contributed by atoms with Gasteiger partial charge in [0.05, 0.1) is 0 Å². The third kappa shape index (κ3) is 0.758. The summed E-state index contributed by atoms with van der Waals surface area (Å²) in [4.78, 5) is 4.16. The third-order valence-electron chi connectivity index (χ3n) is 3.16. The lowest BCUT2D eigenvalue weighted by Gasteiger charge is -2.06. The van der Waals surface area contributed by atoms with Gasteiger partial charge in [0.15, 0.2) is 0 Å². The fourth-order valence-corrected chi connectivity index (χ4v) is 2.56. The normalized spacial score (nSPS) is 31.7. The topological polar surface area (TPSA) is 24.9 Å². The van der Waals surface area contributed by atoms with Crippen LogP contribution in [-0.2, 0) is 6.42 Å². The molecule has 0 unspecified atom stereocenters. The highest BCUT2D eigenvalue weighted by Gasteiger charge is 2.35. The second-order valence-electron chi connectivity index (χ2n) is 3.80. The molecule has 1 fully saturated rings. The van der Waals surface area contributed by atoms with E-state index in [1.807, 2.05) is 12.4 Å². The number of rotatable bonds is 0. The fourth-order valence-electron chi connectivity index (χ4n) is 2.56. The highest BCUT2D eigenvalue weighted by Crippen LogP contribution is 2.39. The van der Waals surface area contributed by atoms with E-state index in [0.717, 1.165) is 11.8 Å². The molecule has 0 amide bonds. The molecule has 0 saturated carbocycles. The van der Waals surface area contributed by atoms with E-state index in [-0.39, 0.29) is 0 Å². The van der Waals surface area contributed by atoms with E-state index in [4.69, 9.17) is 0 Å². The molecule has 0 aromatic carbocycles. The Hall–Kier alpha value is -0.890. The van der Waals surface area contributed by atoms with Crippen molar-refractivity contribution in [2.75, 3.05) is 13.1 Å². The lowest BCUT2D eigenvalue weighted by molar-refractivity contribution is 0.564. The molecule has 0 bridgehead atoms. The monoisotopic (exact) mass is 160 g/mol. The molecule has 1 aromatic rings. The van der Waals surface area contributed by atoms with Crippen molar-refractivity contribution < 1.29 is 0 Å². The molecule has 3 rings (SSSR count). The first-order chi connectivity index (χ1) is 5.95. The maximum absolute atomic E-state index is 4.16. The Morgan fingerprint density at radius 1 is 1.42 bits per heavy atom. The third-order valence-corrected chi connectivity index (χ3v) is 3.16. The van der Waals surface area contributed by atoms with E-state index in [9.17, 15) is 0 Å². The van der Waals surface area contributed by atoms with Crippen molar-refractivity contribution in [1.29, 1.82) is 0 Å². The van der Waals surface area contributed by atoms with Gasteiger partial charge in [0, 0.05) is 24.9 Å². The summed E-state index contributed by atoms with van der Waals surface area (Å²) >= 11 is 0. The summed E-state index contributed by atoms with van der Waals surface area (Å²) in [7, 11) is 0. The van der Waals surface area contributed by atoms with Gasteiger partial charge in [-0.15, -0.1) is 0 Å². The Morgan fingerprint density at radius 2 is 2.42 bits per heavy atom. The molecule has 1 saturated heterocycles. The Morgan fingerprint density at radius 3 is 3.42 bits per heavy atom. The van der Waals surface area contributed by atoms with Crippen LogP contribution >= 0.6 is 0 Å². The molecule has 62 valence electrons. The van der Waals surface area contributed by atoms with E-state index in [2.05, 4.69) is 16.4 Å². The SMILES string of the molecule is c1cc2c(cn1)C[C@H]1CNC[C@H]21. The van der Waals surface area contributed by atoms with Crippen LogP contribution in [0.15, 0.2) is 18.5 Å². The summed E-state index contributed by atoms with van der Waals surface area (Å²) in [5, 5.41) is 3.44. The van der Waals surface area contributed by atoms with Crippen molar-refractivity contribution in [2.24, 2.45) is 5.92 Å². The Balaban J connectivity index is 2.09. The standard InChI is InChI=1S/C10H12N2/c1-2-11-4-7-3-8-5-12-6-10(8)9(1)7/h1-2,4,8,10,12H,3,5-6H2/t8-,10-/m0/s1. The Bertz CT molecular complexity index is 308. The minimum Gasteiger partial charge on any atom is -0.316 e. The van der Waals surface area contributed by atoms with Crippen LogP contribution in [0.4, 0.5) is 0 Å². The van der Waals surface area contributed by atoms with Gasteiger partial charge >= 0.3 is 0 Å². The maximum Gasteiger partial charge on any atom is 0.0302 e. The molecular formula is C10H12N2. The molecular weight excluding hydrogens is 148 g/mol. The zero-order valence-electron chi connectivity index (χ0n) is 6.96. The average molecular weight is 160 g/mol. The predicted molar refractivity (Wildman–Crippen MR) is 47.0 cm³/mol. The van der Waals surface area contributed by atoms with E-state index >= 15 is 0 Å². The molecule has 1 N–H and O–H groups in total. The highest BCUT2D eigenvalue weighted by atomic mass is 14.9. The molecule has 2 aliphatic rings. The van der Waals surface area contributed by atoms with Crippen LogP contribution in [0.5, 0.6) is 0 Å².